The van der Waals surface area contributed by atoms with Crippen molar-refractivity contribution in [2.45, 2.75) is 24.2 Å². The Hall–Kier alpha value is -0.0600. The van der Waals surface area contributed by atoms with E-state index in [0.29, 0.717) is 6.04 Å². The van der Waals surface area contributed by atoms with E-state index in [1.807, 2.05) is 0 Å². The summed E-state index contributed by atoms with van der Waals surface area (Å²) in [5, 5.41) is 0.884. The lowest BCUT2D eigenvalue weighted by molar-refractivity contribution is 0.0855. The predicted molar refractivity (Wildman–Crippen MR) is 79.0 cm³/mol. The minimum absolute atomic E-state index is 0.602. The molecule has 0 aromatic heterocycles. The first-order valence-electron chi connectivity index (χ1n) is 5.87. The molecule has 1 aliphatic heterocycles. The molecule has 1 heterocycles. The van der Waals surface area contributed by atoms with Crippen LogP contribution in [0.4, 0.5) is 5.69 Å². The minimum atomic E-state index is 0.602. The highest BCUT2D eigenvalue weighted by Gasteiger charge is 2.19. The van der Waals surface area contributed by atoms with Gasteiger partial charge in [0.15, 0.2) is 0 Å². The van der Waals surface area contributed by atoms with Crippen LogP contribution in [-0.2, 0) is 10.1 Å². The second kappa shape index (κ2) is 6.21. The molecule has 1 saturated heterocycles. The SMILES string of the molecule is CN(c1ccc(CBr)c(Br)c1)C1CCOCC1. The summed E-state index contributed by atoms with van der Waals surface area (Å²) in [7, 11) is 2.17. The number of halogens is 2. The summed E-state index contributed by atoms with van der Waals surface area (Å²) in [5.41, 5.74) is 2.56. The van der Waals surface area contributed by atoms with Crippen LogP contribution < -0.4 is 4.90 Å². The summed E-state index contributed by atoms with van der Waals surface area (Å²) < 4.78 is 6.58. The third-order valence-corrected chi connectivity index (χ3v) is 4.67. The zero-order valence-corrected chi connectivity index (χ0v) is 13.1. The number of ether oxygens (including phenoxy) is 1. The van der Waals surface area contributed by atoms with E-state index in [4.69, 9.17) is 4.74 Å². The first kappa shape index (κ1) is 13.4. The van der Waals surface area contributed by atoms with Gasteiger partial charge in [-0.3, -0.25) is 0 Å². The molecule has 17 heavy (non-hydrogen) atoms. The van der Waals surface area contributed by atoms with Gasteiger partial charge in [0, 0.05) is 41.8 Å². The van der Waals surface area contributed by atoms with Crippen LogP contribution in [0.25, 0.3) is 0 Å². The Morgan fingerprint density at radius 1 is 1.35 bits per heavy atom. The highest BCUT2D eigenvalue weighted by Crippen LogP contribution is 2.27. The molecule has 0 spiro atoms. The normalized spacial score (nSPS) is 17.1. The van der Waals surface area contributed by atoms with E-state index in [2.05, 4.69) is 62.0 Å². The molecule has 0 radical (unpaired) electrons. The Balaban J connectivity index is 2.12. The maximum atomic E-state index is 5.40. The van der Waals surface area contributed by atoms with Crippen molar-refractivity contribution in [1.29, 1.82) is 0 Å². The third kappa shape index (κ3) is 3.24. The smallest absolute Gasteiger partial charge is 0.0485 e. The van der Waals surface area contributed by atoms with E-state index >= 15 is 0 Å². The van der Waals surface area contributed by atoms with E-state index in [0.717, 1.165) is 31.4 Å². The molecule has 0 amide bonds. The van der Waals surface area contributed by atoms with Crippen molar-refractivity contribution in [1.82, 2.24) is 0 Å². The number of hydrogen-bond acceptors (Lipinski definition) is 2. The fourth-order valence-corrected chi connectivity index (χ4v) is 3.52. The highest BCUT2D eigenvalue weighted by atomic mass is 79.9. The van der Waals surface area contributed by atoms with Gasteiger partial charge in [-0.15, -0.1) is 0 Å². The van der Waals surface area contributed by atoms with Crippen LogP contribution in [-0.4, -0.2) is 26.3 Å². The minimum Gasteiger partial charge on any atom is -0.381 e. The van der Waals surface area contributed by atoms with Crippen molar-refractivity contribution in [2.75, 3.05) is 25.2 Å². The summed E-state index contributed by atoms with van der Waals surface area (Å²) in [4.78, 5) is 2.37. The van der Waals surface area contributed by atoms with Gasteiger partial charge in [-0.05, 0) is 30.5 Å². The highest BCUT2D eigenvalue weighted by molar-refractivity contribution is 9.10. The fraction of sp³-hybridized carbons (Fsp3) is 0.538. The van der Waals surface area contributed by atoms with E-state index in [1.165, 1.54) is 15.7 Å². The molecule has 1 fully saturated rings. The van der Waals surface area contributed by atoms with Crippen molar-refractivity contribution < 1.29 is 4.74 Å². The largest absolute Gasteiger partial charge is 0.381 e. The second-order valence-electron chi connectivity index (χ2n) is 4.36. The van der Waals surface area contributed by atoms with Crippen LogP contribution in [0, 0.1) is 0 Å². The maximum absolute atomic E-state index is 5.40. The molecular formula is C13H17Br2NO. The van der Waals surface area contributed by atoms with Gasteiger partial charge in [0.25, 0.3) is 0 Å². The molecule has 4 heteroatoms. The Bertz CT molecular complexity index is 378. The van der Waals surface area contributed by atoms with Crippen molar-refractivity contribution in [3.63, 3.8) is 0 Å². The number of anilines is 1. The van der Waals surface area contributed by atoms with Crippen LogP contribution in [0.1, 0.15) is 18.4 Å². The lowest BCUT2D eigenvalue weighted by Crippen LogP contribution is -2.36. The number of benzene rings is 1. The monoisotopic (exact) mass is 361 g/mol. The van der Waals surface area contributed by atoms with Crippen LogP contribution in [0.5, 0.6) is 0 Å². The molecule has 1 aromatic carbocycles. The quantitative estimate of drug-likeness (QED) is 0.754. The van der Waals surface area contributed by atoms with Crippen molar-refractivity contribution >= 4 is 37.5 Å². The van der Waals surface area contributed by atoms with E-state index < -0.39 is 0 Å². The number of nitrogens with zero attached hydrogens (tertiary/aromatic N) is 1. The van der Waals surface area contributed by atoms with Crippen LogP contribution in [0.15, 0.2) is 22.7 Å². The lowest BCUT2D eigenvalue weighted by atomic mass is 10.1. The van der Waals surface area contributed by atoms with Gasteiger partial charge in [-0.25, -0.2) is 0 Å². The molecule has 0 saturated carbocycles. The van der Waals surface area contributed by atoms with Gasteiger partial charge in [-0.2, -0.15) is 0 Å². The number of alkyl halides is 1. The molecule has 0 bridgehead atoms. The van der Waals surface area contributed by atoms with Gasteiger partial charge in [0.2, 0.25) is 0 Å². The molecule has 2 nitrogen and oxygen atoms in total. The second-order valence-corrected chi connectivity index (χ2v) is 5.78. The lowest BCUT2D eigenvalue weighted by Gasteiger charge is -2.33. The van der Waals surface area contributed by atoms with Crippen LogP contribution in [0.3, 0.4) is 0 Å². The van der Waals surface area contributed by atoms with Gasteiger partial charge < -0.3 is 9.64 Å². The summed E-state index contributed by atoms with van der Waals surface area (Å²) in [6.45, 7) is 1.77. The summed E-state index contributed by atoms with van der Waals surface area (Å²) >= 11 is 7.10. The van der Waals surface area contributed by atoms with Gasteiger partial charge in [0.1, 0.15) is 0 Å². The van der Waals surface area contributed by atoms with Crippen molar-refractivity contribution in [3.05, 3.63) is 28.2 Å². The van der Waals surface area contributed by atoms with Gasteiger partial charge in [0.05, 0.1) is 0 Å². The van der Waals surface area contributed by atoms with Crippen LogP contribution >= 0.6 is 31.9 Å². The van der Waals surface area contributed by atoms with E-state index in [9.17, 15) is 0 Å². The van der Waals surface area contributed by atoms with Crippen molar-refractivity contribution in [3.8, 4) is 0 Å². The maximum Gasteiger partial charge on any atom is 0.0485 e. The summed E-state index contributed by atoms with van der Waals surface area (Å²) in [6, 6.07) is 7.16. The number of rotatable bonds is 3. The third-order valence-electron chi connectivity index (χ3n) is 3.33. The predicted octanol–water partition coefficient (Wildman–Crippen LogP) is 3.96. The summed E-state index contributed by atoms with van der Waals surface area (Å²) in [5.74, 6) is 0. The summed E-state index contributed by atoms with van der Waals surface area (Å²) in [6.07, 6.45) is 2.24. The molecule has 94 valence electrons. The first-order valence-corrected chi connectivity index (χ1v) is 7.79. The fourth-order valence-electron chi connectivity index (χ4n) is 2.15. The Morgan fingerprint density at radius 2 is 2.06 bits per heavy atom. The molecule has 0 N–H and O–H groups in total. The molecule has 1 aromatic rings. The molecule has 0 unspecified atom stereocenters. The molecule has 0 aliphatic carbocycles. The molecule has 0 atom stereocenters. The Kier molecular flexibility index (Phi) is 4.88. The molecular weight excluding hydrogens is 346 g/mol. The molecule has 2 rings (SSSR count). The topological polar surface area (TPSA) is 12.5 Å². The molecule has 1 aliphatic rings. The van der Waals surface area contributed by atoms with E-state index in [1.54, 1.807) is 0 Å². The standard InChI is InChI=1S/C13H17Br2NO/c1-16(11-4-6-17-7-5-11)12-3-2-10(9-14)13(15)8-12/h2-3,8,11H,4-7,9H2,1H3. The van der Waals surface area contributed by atoms with E-state index in [-0.39, 0.29) is 0 Å². The average Bonchev–Trinajstić information content (AvgIpc) is 2.39. The average molecular weight is 363 g/mol. The van der Waals surface area contributed by atoms with Gasteiger partial charge >= 0.3 is 0 Å². The van der Waals surface area contributed by atoms with Gasteiger partial charge in [-0.1, -0.05) is 37.9 Å². The first-order chi connectivity index (χ1) is 8.22. The Labute approximate surface area is 120 Å². The number of hydrogen-bond donors (Lipinski definition) is 0. The van der Waals surface area contributed by atoms with Crippen LogP contribution in [0.2, 0.25) is 0 Å². The van der Waals surface area contributed by atoms with Crippen molar-refractivity contribution in [2.24, 2.45) is 0 Å². The zero-order chi connectivity index (χ0) is 12.3. The zero-order valence-electron chi connectivity index (χ0n) is 9.96. The Morgan fingerprint density at radius 3 is 2.65 bits per heavy atom.